The fourth-order valence-electron chi connectivity index (χ4n) is 0.706. The highest BCUT2D eigenvalue weighted by atomic mass is 35.5. The summed E-state index contributed by atoms with van der Waals surface area (Å²) in [5, 5.41) is 1.15. The van der Waals surface area contributed by atoms with Crippen LogP contribution in [-0.2, 0) is 6.42 Å². The lowest BCUT2D eigenvalue weighted by Gasteiger charge is -1.99. The molecule has 54 valence electrons. The Morgan fingerprint density at radius 2 is 2.10 bits per heavy atom. The van der Waals surface area contributed by atoms with Crippen molar-refractivity contribution in [3.05, 3.63) is 28.0 Å². The lowest BCUT2D eigenvalue weighted by molar-refractivity contribution is 1.10. The molecule has 0 aromatic carbocycles. The summed E-state index contributed by atoms with van der Waals surface area (Å²) < 4.78 is 0. The van der Waals surface area contributed by atoms with Crippen LogP contribution in [0.5, 0.6) is 0 Å². The summed E-state index contributed by atoms with van der Waals surface area (Å²) in [6.07, 6.45) is 4.14. The summed E-state index contributed by atoms with van der Waals surface area (Å²) in [6, 6.07) is 0. The van der Waals surface area contributed by atoms with Gasteiger partial charge < -0.3 is 0 Å². The van der Waals surface area contributed by atoms with E-state index in [1.54, 1.807) is 12.4 Å². The molecular formula is C7H7Cl2N. The van der Waals surface area contributed by atoms with E-state index in [4.69, 9.17) is 23.2 Å². The van der Waals surface area contributed by atoms with E-state index in [2.05, 4.69) is 4.98 Å². The van der Waals surface area contributed by atoms with Gasteiger partial charge in [-0.05, 0) is 12.0 Å². The Hall–Kier alpha value is -0.270. The SMILES string of the molecule is CCc1cncc(Cl)c1Cl. The molecule has 1 nitrogen and oxygen atoms in total. The molecule has 1 aromatic heterocycles. The quantitative estimate of drug-likeness (QED) is 0.640. The first kappa shape index (κ1) is 7.83. The maximum Gasteiger partial charge on any atom is 0.0778 e. The summed E-state index contributed by atoms with van der Waals surface area (Å²) in [4.78, 5) is 3.90. The van der Waals surface area contributed by atoms with Crippen LogP contribution >= 0.6 is 23.2 Å². The minimum absolute atomic E-state index is 0.529. The minimum Gasteiger partial charge on any atom is -0.263 e. The molecule has 0 fully saturated rings. The van der Waals surface area contributed by atoms with Crippen molar-refractivity contribution in [3.8, 4) is 0 Å². The van der Waals surface area contributed by atoms with Crippen molar-refractivity contribution in [3.63, 3.8) is 0 Å². The smallest absolute Gasteiger partial charge is 0.0778 e. The molecular weight excluding hydrogens is 169 g/mol. The van der Waals surface area contributed by atoms with Crippen molar-refractivity contribution in [2.24, 2.45) is 0 Å². The van der Waals surface area contributed by atoms with Crippen LogP contribution in [0.4, 0.5) is 0 Å². The van der Waals surface area contributed by atoms with E-state index in [0.29, 0.717) is 10.0 Å². The normalized spacial score (nSPS) is 9.90. The summed E-state index contributed by atoms with van der Waals surface area (Å²) in [5.74, 6) is 0. The number of hydrogen-bond acceptors (Lipinski definition) is 1. The monoisotopic (exact) mass is 175 g/mol. The Morgan fingerprint density at radius 3 is 2.60 bits per heavy atom. The number of pyridine rings is 1. The number of nitrogens with zero attached hydrogens (tertiary/aromatic N) is 1. The Morgan fingerprint density at radius 1 is 1.40 bits per heavy atom. The highest BCUT2D eigenvalue weighted by molar-refractivity contribution is 6.42. The number of aromatic nitrogens is 1. The zero-order chi connectivity index (χ0) is 7.56. The van der Waals surface area contributed by atoms with Crippen LogP contribution in [0.3, 0.4) is 0 Å². The molecule has 0 aliphatic heterocycles. The van der Waals surface area contributed by atoms with Gasteiger partial charge in [0.15, 0.2) is 0 Å². The van der Waals surface area contributed by atoms with Crippen LogP contribution in [-0.4, -0.2) is 4.98 Å². The lowest BCUT2D eigenvalue weighted by Crippen LogP contribution is -1.84. The average Bonchev–Trinajstić information content (AvgIpc) is 1.95. The molecule has 10 heavy (non-hydrogen) atoms. The first-order chi connectivity index (χ1) is 4.75. The summed E-state index contributed by atoms with van der Waals surface area (Å²) in [5.41, 5.74) is 0.995. The van der Waals surface area contributed by atoms with E-state index in [9.17, 15) is 0 Å². The predicted molar refractivity (Wildman–Crippen MR) is 43.6 cm³/mol. The van der Waals surface area contributed by atoms with Crippen LogP contribution in [0.15, 0.2) is 12.4 Å². The van der Waals surface area contributed by atoms with Crippen molar-refractivity contribution in [1.82, 2.24) is 4.98 Å². The molecule has 0 aliphatic carbocycles. The molecule has 1 rings (SSSR count). The summed E-state index contributed by atoms with van der Waals surface area (Å²) >= 11 is 11.5. The highest BCUT2D eigenvalue weighted by Crippen LogP contribution is 2.24. The van der Waals surface area contributed by atoms with Crippen LogP contribution in [0, 0.1) is 0 Å². The zero-order valence-corrected chi connectivity index (χ0v) is 7.08. The molecule has 0 atom stereocenters. The van der Waals surface area contributed by atoms with Gasteiger partial charge >= 0.3 is 0 Å². The maximum absolute atomic E-state index is 5.82. The van der Waals surface area contributed by atoms with Gasteiger partial charge in [-0.1, -0.05) is 30.1 Å². The molecule has 0 unspecified atom stereocenters. The molecule has 0 spiro atoms. The van der Waals surface area contributed by atoms with E-state index < -0.39 is 0 Å². The van der Waals surface area contributed by atoms with Crippen molar-refractivity contribution in [2.75, 3.05) is 0 Å². The largest absolute Gasteiger partial charge is 0.263 e. The van der Waals surface area contributed by atoms with Gasteiger partial charge in [-0.3, -0.25) is 4.98 Å². The van der Waals surface area contributed by atoms with Gasteiger partial charge in [0.05, 0.1) is 10.0 Å². The Bertz CT molecular complexity index is 235. The molecule has 0 amide bonds. The Kier molecular flexibility index (Phi) is 2.52. The molecule has 0 saturated carbocycles. The second kappa shape index (κ2) is 3.22. The van der Waals surface area contributed by atoms with Gasteiger partial charge in [0.25, 0.3) is 0 Å². The van der Waals surface area contributed by atoms with Crippen molar-refractivity contribution < 1.29 is 0 Å². The third-order valence-electron chi connectivity index (χ3n) is 1.29. The summed E-state index contributed by atoms with van der Waals surface area (Å²) in [6.45, 7) is 2.01. The zero-order valence-electron chi connectivity index (χ0n) is 5.56. The van der Waals surface area contributed by atoms with Gasteiger partial charge in [0, 0.05) is 12.4 Å². The third-order valence-corrected chi connectivity index (χ3v) is 2.12. The average molecular weight is 176 g/mol. The van der Waals surface area contributed by atoms with Crippen molar-refractivity contribution >= 4 is 23.2 Å². The van der Waals surface area contributed by atoms with E-state index in [1.165, 1.54) is 0 Å². The number of rotatable bonds is 1. The minimum atomic E-state index is 0.529. The lowest BCUT2D eigenvalue weighted by atomic mass is 10.2. The van der Waals surface area contributed by atoms with Crippen LogP contribution in [0.2, 0.25) is 10.0 Å². The Balaban J connectivity index is 3.14. The van der Waals surface area contributed by atoms with Crippen molar-refractivity contribution in [2.45, 2.75) is 13.3 Å². The molecule has 0 radical (unpaired) electrons. The van der Waals surface area contributed by atoms with Gasteiger partial charge in [0.1, 0.15) is 0 Å². The van der Waals surface area contributed by atoms with E-state index in [1.807, 2.05) is 6.92 Å². The van der Waals surface area contributed by atoms with Gasteiger partial charge in [-0.2, -0.15) is 0 Å². The fraction of sp³-hybridized carbons (Fsp3) is 0.286. The van der Waals surface area contributed by atoms with Gasteiger partial charge in [-0.15, -0.1) is 0 Å². The van der Waals surface area contributed by atoms with Crippen LogP contribution in [0.25, 0.3) is 0 Å². The van der Waals surface area contributed by atoms with E-state index in [0.717, 1.165) is 12.0 Å². The standard InChI is InChI=1S/C7H7Cl2N/c1-2-5-3-10-4-6(8)7(5)9/h3-4H,2H2,1H3. The number of aryl methyl sites for hydroxylation is 1. The topological polar surface area (TPSA) is 12.9 Å². The molecule has 3 heteroatoms. The first-order valence-electron chi connectivity index (χ1n) is 3.03. The predicted octanol–water partition coefficient (Wildman–Crippen LogP) is 2.95. The molecule has 1 heterocycles. The summed E-state index contributed by atoms with van der Waals surface area (Å²) in [7, 11) is 0. The highest BCUT2D eigenvalue weighted by Gasteiger charge is 2.01. The number of halogens is 2. The fourth-order valence-corrected chi connectivity index (χ4v) is 1.11. The first-order valence-corrected chi connectivity index (χ1v) is 3.79. The maximum atomic E-state index is 5.82. The molecule has 0 saturated heterocycles. The van der Waals surface area contributed by atoms with Crippen LogP contribution < -0.4 is 0 Å². The molecule has 1 aromatic rings. The second-order valence-corrected chi connectivity index (χ2v) is 2.73. The molecule has 0 bridgehead atoms. The molecule has 0 aliphatic rings. The second-order valence-electron chi connectivity index (χ2n) is 1.95. The van der Waals surface area contributed by atoms with Gasteiger partial charge in [0.2, 0.25) is 0 Å². The third kappa shape index (κ3) is 1.41. The Labute approximate surface area is 70.0 Å². The molecule has 0 N–H and O–H groups in total. The number of hydrogen-bond donors (Lipinski definition) is 0. The van der Waals surface area contributed by atoms with Crippen LogP contribution in [0.1, 0.15) is 12.5 Å². The van der Waals surface area contributed by atoms with E-state index in [-0.39, 0.29) is 0 Å². The van der Waals surface area contributed by atoms with Gasteiger partial charge in [-0.25, -0.2) is 0 Å². The van der Waals surface area contributed by atoms with Crippen molar-refractivity contribution in [1.29, 1.82) is 0 Å². The van der Waals surface area contributed by atoms with E-state index >= 15 is 0 Å².